The molecule has 0 aliphatic heterocycles. The lowest BCUT2D eigenvalue weighted by atomic mass is 9.56. The van der Waals surface area contributed by atoms with Gasteiger partial charge in [0.25, 0.3) is 0 Å². The molecule has 0 heterocycles. The number of aliphatic hydroxyl groups is 1. The summed E-state index contributed by atoms with van der Waals surface area (Å²) in [5.74, 6) is 0.858. The van der Waals surface area contributed by atoms with Gasteiger partial charge in [0.15, 0.2) is 0 Å². The van der Waals surface area contributed by atoms with E-state index in [1.54, 1.807) is 0 Å². The summed E-state index contributed by atoms with van der Waals surface area (Å²) in [6.45, 7) is 2.00. The first-order valence-electron chi connectivity index (χ1n) is 9.57. The molecule has 2 nitrogen and oxygen atoms in total. The fraction of sp³-hybridized carbons (Fsp3) is 0.478. The van der Waals surface area contributed by atoms with Gasteiger partial charge in [-0.25, -0.2) is 0 Å². The molecule has 4 rings (SSSR count). The first kappa shape index (κ1) is 16.7. The van der Waals surface area contributed by atoms with Gasteiger partial charge < -0.3 is 10.2 Å². The third kappa shape index (κ3) is 3.08. The lowest BCUT2D eigenvalue weighted by Crippen LogP contribution is -2.47. The molecular formula is C23H28O2. The van der Waals surface area contributed by atoms with Crippen LogP contribution in [0.25, 0.3) is 0 Å². The molecule has 2 heteroatoms. The summed E-state index contributed by atoms with van der Waals surface area (Å²) in [4.78, 5) is 0. The second-order valence-corrected chi connectivity index (χ2v) is 8.45. The van der Waals surface area contributed by atoms with Crippen molar-refractivity contribution in [3.8, 4) is 5.75 Å². The summed E-state index contributed by atoms with van der Waals surface area (Å²) in [6.07, 6.45) is 7.06. The zero-order valence-corrected chi connectivity index (χ0v) is 15.0. The molecule has 2 aliphatic rings. The maximum atomic E-state index is 10.7. The first-order chi connectivity index (χ1) is 12.0. The number of phenols is 1. The third-order valence-corrected chi connectivity index (χ3v) is 6.56. The molecule has 0 saturated heterocycles. The van der Waals surface area contributed by atoms with Crippen molar-refractivity contribution in [3.63, 3.8) is 0 Å². The van der Waals surface area contributed by atoms with Crippen molar-refractivity contribution >= 4 is 0 Å². The van der Waals surface area contributed by atoms with Crippen molar-refractivity contribution in [2.24, 2.45) is 5.92 Å². The molecule has 1 saturated carbocycles. The van der Waals surface area contributed by atoms with E-state index in [1.807, 2.05) is 19.1 Å². The van der Waals surface area contributed by atoms with Gasteiger partial charge in [-0.3, -0.25) is 0 Å². The average molecular weight is 336 g/mol. The largest absolute Gasteiger partial charge is 0.508 e. The Morgan fingerprint density at radius 1 is 1.08 bits per heavy atom. The number of benzene rings is 2. The summed E-state index contributed by atoms with van der Waals surface area (Å²) in [5, 5.41) is 20.7. The van der Waals surface area contributed by atoms with E-state index in [9.17, 15) is 10.2 Å². The minimum atomic E-state index is -0.549. The van der Waals surface area contributed by atoms with Gasteiger partial charge >= 0.3 is 0 Å². The van der Waals surface area contributed by atoms with Crippen LogP contribution in [-0.4, -0.2) is 15.8 Å². The summed E-state index contributed by atoms with van der Waals surface area (Å²) < 4.78 is 0. The molecule has 1 fully saturated rings. The molecular weight excluding hydrogens is 308 g/mol. The van der Waals surface area contributed by atoms with Crippen molar-refractivity contribution < 1.29 is 10.2 Å². The van der Waals surface area contributed by atoms with E-state index >= 15 is 0 Å². The van der Waals surface area contributed by atoms with Crippen molar-refractivity contribution in [2.75, 3.05) is 0 Å². The van der Waals surface area contributed by atoms with Gasteiger partial charge in [-0.15, -0.1) is 0 Å². The predicted octanol–water partition coefficient (Wildman–Crippen LogP) is 4.76. The van der Waals surface area contributed by atoms with Crippen molar-refractivity contribution in [3.05, 3.63) is 65.2 Å². The number of fused-ring (bicyclic) bond motifs is 3. The predicted molar refractivity (Wildman–Crippen MR) is 101 cm³/mol. The summed E-state index contributed by atoms with van der Waals surface area (Å²) in [7, 11) is 0. The van der Waals surface area contributed by atoms with Gasteiger partial charge in [0, 0.05) is 5.41 Å². The highest BCUT2D eigenvalue weighted by Gasteiger charge is 2.49. The zero-order chi connectivity index (χ0) is 17.5. The van der Waals surface area contributed by atoms with E-state index < -0.39 is 5.60 Å². The maximum absolute atomic E-state index is 10.7. The second-order valence-electron chi connectivity index (χ2n) is 8.45. The number of rotatable bonds is 2. The van der Waals surface area contributed by atoms with Crippen LogP contribution in [0.1, 0.15) is 55.7 Å². The van der Waals surface area contributed by atoms with Gasteiger partial charge in [-0.05, 0) is 86.6 Å². The SMILES string of the molecule is C[C@@]1(O)CC[C@@]2(Cc3ccccc3)c3ccc(O)cc3CCC[C@H]2C1. The van der Waals surface area contributed by atoms with Crippen molar-refractivity contribution in [1.29, 1.82) is 0 Å². The first-order valence-corrected chi connectivity index (χ1v) is 9.57. The Morgan fingerprint density at radius 3 is 2.68 bits per heavy atom. The molecule has 2 aromatic carbocycles. The number of phenolic OH excluding ortho intramolecular Hbond substituents is 1. The molecule has 3 atom stereocenters. The lowest BCUT2D eigenvalue weighted by molar-refractivity contribution is -0.0330. The quantitative estimate of drug-likeness (QED) is 0.830. The van der Waals surface area contributed by atoms with Crippen LogP contribution >= 0.6 is 0 Å². The number of aryl methyl sites for hydroxylation is 1. The molecule has 2 aromatic rings. The molecule has 2 N–H and O–H groups in total. The number of hydrogen-bond acceptors (Lipinski definition) is 2. The molecule has 2 aliphatic carbocycles. The van der Waals surface area contributed by atoms with Gasteiger partial charge in [-0.1, -0.05) is 36.4 Å². The number of aromatic hydroxyl groups is 1. The fourth-order valence-corrected chi connectivity index (χ4v) is 5.36. The van der Waals surface area contributed by atoms with E-state index in [2.05, 4.69) is 36.4 Å². The van der Waals surface area contributed by atoms with Crippen LogP contribution in [0, 0.1) is 5.92 Å². The number of hydrogen-bond donors (Lipinski definition) is 2. The molecule has 0 aromatic heterocycles. The lowest BCUT2D eigenvalue weighted by Gasteiger charge is -2.49. The Kier molecular flexibility index (Phi) is 4.11. The topological polar surface area (TPSA) is 40.5 Å². The smallest absolute Gasteiger partial charge is 0.115 e. The van der Waals surface area contributed by atoms with Crippen LogP contribution in [-0.2, 0) is 18.3 Å². The normalized spacial score (nSPS) is 31.7. The van der Waals surface area contributed by atoms with Crippen LogP contribution in [0.3, 0.4) is 0 Å². The van der Waals surface area contributed by atoms with Crippen LogP contribution in [0.2, 0.25) is 0 Å². The second kappa shape index (κ2) is 6.17. The fourth-order valence-electron chi connectivity index (χ4n) is 5.36. The molecule has 132 valence electrons. The summed E-state index contributed by atoms with van der Waals surface area (Å²) >= 11 is 0. The molecule has 0 radical (unpaired) electrons. The maximum Gasteiger partial charge on any atom is 0.115 e. The van der Waals surface area contributed by atoms with Gasteiger partial charge in [0.1, 0.15) is 5.75 Å². The van der Waals surface area contributed by atoms with Gasteiger partial charge in [0.2, 0.25) is 0 Å². The van der Waals surface area contributed by atoms with Gasteiger partial charge in [-0.2, -0.15) is 0 Å². The van der Waals surface area contributed by atoms with E-state index in [0.29, 0.717) is 11.7 Å². The van der Waals surface area contributed by atoms with E-state index in [0.717, 1.165) is 44.9 Å². The molecule has 0 unspecified atom stereocenters. The monoisotopic (exact) mass is 336 g/mol. The van der Waals surface area contributed by atoms with Gasteiger partial charge in [0.05, 0.1) is 5.60 Å². The standard InChI is InChI=1S/C23H28O2/c1-22(25)12-13-23(15-17-6-3-2-4-7-17)19(16-22)9-5-8-18-14-20(24)10-11-21(18)23/h2-4,6-7,10-11,14,19,24-25H,5,8-9,12-13,15-16H2,1H3/t19-,22+,23-/m0/s1. The highest BCUT2D eigenvalue weighted by atomic mass is 16.3. The Labute approximate surface area is 150 Å². The Bertz CT molecular complexity index is 750. The highest BCUT2D eigenvalue weighted by molar-refractivity contribution is 5.43. The van der Waals surface area contributed by atoms with E-state index in [4.69, 9.17) is 0 Å². The minimum absolute atomic E-state index is 0.0725. The van der Waals surface area contributed by atoms with E-state index in [-0.39, 0.29) is 5.41 Å². The zero-order valence-electron chi connectivity index (χ0n) is 15.0. The van der Waals surface area contributed by atoms with Crippen LogP contribution in [0.5, 0.6) is 5.75 Å². The average Bonchev–Trinajstić information content (AvgIpc) is 2.72. The molecule has 0 amide bonds. The third-order valence-electron chi connectivity index (χ3n) is 6.56. The Morgan fingerprint density at radius 2 is 1.88 bits per heavy atom. The Balaban J connectivity index is 1.84. The molecule has 0 bridgehead atoms. The molecule has 0 spiro atoms. The molecule has 25 heavy (non-hydrogen) atoms. The highest BCUT2D eigenvalue weighted by Crippen LogP contribution is 2.53. The summed E-state index contributed by atoms with van der Waals surface area (Å²) in [5.41, 5.74) is 3.61. The van der Waals surface area contributed by atoms with Crippen molar-refractivity contribution in [2.45, 2.75) is 62.9 Å². The summed E-state index contributed by atoms with van der Waals surface area (Å²) in [6, 6.07) is 16.7. The van der Waals surface area contributed by atoms with Crippen LogP contribution in [0.15, 0.2) is 48.5 Å². The minimum Gasteiger partial charge on any atom is -0.508 e. The van der Waals surface area contributed by atoms with Crippen LogP contribution < -0.4 is 0 Å². The Hall–Kier alpha value is -1.80. The van der Waals surface area contributed by atoms with Crippen molar-refractivity contribution in [1.82, 2.24) is 0 Å². The van der Waals surface area contributed by atoms with Crippen LogP contribution in [0.4, 0.5) is 0 Å². The van der Waals surface area contributed by atoms with E-state index in [1.165, 1.54) is 16.7 Å².